The number of Topliss-reactive ketones (excluding diaryl/α,β-unsaturated/α-hetero) is 1. The third-order valence-electron chi connectivity index (χ3n) is 4.72. The van der Waals surface area contributed by atoms with Crippen LogP contribution in [0.4, 0.5) is 13.2 Å². The molecule has 1 heterocycles. The van der Waals surface area contributed by atoms with Crippen molar-refractivity contribution in [3.05, 3.63) is 88.6 Å². The molecule has 0 unspecified atom stereocenters. The Kier molecular flexibility index (Phi) is 4.92. The Morgan fingerprint density at radius 1 is 0.897 bits per heavy atom. The van der Waals surface area contributed by atoms with Crippen molar-refractivity contribution in [2.45, 2.75) is 19.0 Å². The molecule has 1 aliphatic rings. The Morgan fingerprint density at radius 3 is 2.31 bits per heavy atom. The first-order valence-corrected chi connectivity index (χ1v) is 9.04. The van der Waals surface area contributed by atoms with Crippen LogP contribution in [0.15, 0.2) is 60.8 Å². The van der Waals surface area contributed by atoms with Gasteiger partial charge in [0.25, 0.3) is 0 Å². The van der Waals surface area contributed by atoms with E-state index in [0.717, 1.165) is 23.3 Å². The summed E-state index contributed by atoms with van der Waals surface area (Å²) in [5.74, 6) is 1.17. The largest absolute Gasteiger partial charge is 0.439 e. The Balaban J connectivity index is 1.45. The second-order valence-corrected chi connectivity index (χ2v) is 6.69. The van der Waals surface area contributed by atoms with Gasteiger partial charge < -0.3 is 4.74 Å². The van der Waals surface area contributed by atoms with Crippen LogP contribution in [0, 0.1) is 0 Å². The van der Waals surface area contributed by atoms with Gasteiger partial charge in [0.05, 0.1) is 5.56 Å². The smallest absolute Gasteiger partial charge is 0.416 e. The normalized spacial score (nSPS) is 13.7. The second kappa shape index (κ2) is 7.54. The highest BCUT2D eigenvalue weighted by molar-refractivity contribution is 6.01. The molecular formula is C23H16F3NO2. The van der Waals surface area contributed by atoms with Crippen molar-refractivity contribution in [3.63, 3.8) is 0 Å². The van der Waals surface area contributed by atoms with Gasteiger partial charge in [-0.2, -0.15) is 13.2 Å². The van der Waals surface area contributed by atoms with E-state index in [-0.39, 0.29) is 5.78 Å². The molecule has 0 atom stereocenters. The van der Waals surface area contributed by atoms with Gasteiger partial charge >= 0.3 is 6.18 Å². The molecule has 0 N–H and O–H groups in total. The van der Waals surface area contributed by atoms with Crippen molar-refractivity contribution >= 4 is 17.9 Å². The number of aromatic nitrogens is 1. The highest BCUT2D eigenvalue weighted by atomic mass is 19.4. The summed E-state index contributed by atoms with van der Waals surface area (Å²) in [6.07, 6.45) is 1.92. The van der Waals surface area contributed by atoms with Gasteiger partial charge in [0.15, 0.2) is 5.78 Å². The molecule has 0 saturated heterocycles. The van der Waals surface area contributed by atoms with Crippen LogP contribution >= 0.6 is 0 Å². The van der Waals surface area contributed by atoms with Crippen molar-refractivity contribution in [2.75, 3.05) is 0 Å². The monoisotopic (exact) mass is 395 g/mol. The molecule has 2 aromatic carbocycles. The number of ketones is 1. The van der Waals surface area contributed by atoms with E-state index in [1.54, 1.807) is 42.6 Å². The first kappa shape index (κ1) is 18.9. The van der Waals surface area contributed by atoms with Gasteiger partial charge in [0.2, 0.25) is 5.88 Å². The van der Waals surface area contributed by atoms with Gasteiger partial charge in [-0.05, 0) is 41.8 Å². The second-order valence-electron chi connectivity index (χ2n) is 6.69. The number of hydrogen-bond donors (Lipinski definition) is 0. The minimum Gasteiger partial charge on any atom is -0.439 e. The summed E-state index contributed by atoms with van der Waals surface area (Å²) in [7, 11) is 0. The third kappa shape index (κ3) is 4.21. The number of pyridine rings is 1. The molecule has 0 fully saturated rings. The summed E-state index contributed by atoms with van der Waals surface area (Å²) in [4.78, 5) is 16.1. The number of nitrogens with zero attached hydrogens (tertiary/aromatic N) is 1. The average Bonchev–Trinajstić information content (AvgIpc) is 3.09. The van der Waals surface area contributed by atoms with Crippen molar-refractivity contribution in [1.82, 2.24) is 4.98 Å². The molecule has 1 aromatic heterocycles. The first-order valence-electron chi connectivity index (χ1n) is 9.04. The van der Waals surface area contributed by atoms with Crippen molar-refractivity contribution in [2.24, 2.45) is 0 Å². The highest BCUT2D eigenvalue weighted by Crippen LogP contribution is 2.33. The number of rotatable bonds is 4. The van der Waals surface area contributed by atoms with Gasteiger partial charge in [-0.25, -0.2) is 4.98 Å². The van der Waals surface area contributed by atoms with Crippen molar-refractivity contribution in [3.8, 4) is 11.6 Å². The lowest BCUT2D eigenvalue weighted by Gasteiger charge is -2.09. The maximum absolute atomic E-state index is 12.6. The Morgan fingerprint density at radius 2 is 1.62 bits per heavy atom. The van der Waals surface area contributed by atoms with Crippen LogP contribution in [0.5, 0.6) is 11.6 Å². The van der Waals surface area contributed by atoms with E-state index in [2.05, 4.69) is 4.98 Å². The highest BCUT2D eigenvalue weighted by Gasteiger charge is 2.29. The van der Waals surface area contributed by atoms with Gasteiger partial charge in [-0.3, -0.25) is 4.79 Å². The Labute approximate surface area is 165 Å². The summed E-state index contributed by atoms with van der Waals surface area (Å²) >= 11 is 0. The zero-order chi connectivity index (χ0) is 20.4. The molecule has 0 radical (unpaired) electrons. The lowest BCUT2D eigenvalue weighted by Crippen LogP contribution is -2.03. The zero-order valence-corrected chi connectivity index (χ0v) is 15.2. The number of fused-ring (bicyclic) bond motifs is 1. The van der Waals surface area contributed by atoms with Crippen LogP contribution in [-0.4, -0.2) is 10.8 Å². The number of hydrogen-bond acceptors (Lipinski definition) is 3. The Hall–Kier alpha value is -3.41. The van der Waals surface area contributed by atoms with Gasteiger partial charge in [-0.15, -0.1) is 0 Å². The van der Waals surface area contributed by atoms with Crippen LogP contribution in [0.1, 0.15) is 39.0 Å². The van der Waals surface area contributed by atoms with Crippen LogP contribution in [0.2, 0.25) is 0 Å². The zero-order valence-electron chi connectivity index (χ0n) is 15.2. The molecule has 4 rings (SSSR count). The van der Waals surface area contributed by atoms with Gasteiger partial charge in [0.1, 0.15) is 5.75 Å². The fraction of sp³-hybridized carbons (Fsp3) is 0.130. The molecule has 6 heteroatoms. The van der Waals surface area contributed by atoms with Crippen molar-refractivity contribution < 1.29 is 22.7 Å². The predicted octanol–water partition coefficient (Wildman–Crippen LogP) is 6.19. The lowest BCUT2D eigenvalue weighted by atomic mass is 10.1. The number of alkyl halides is 3. The number of halogens is 3. The SMILES string of the molecule is O=C1CCc2c(Oc3ccc(/C=C\c4ccc(C(F)(F)F)cc4)cn3)cccc21. The summed E-state index contributed by atoms with van der Waals surface area (Å²) in [5.41, 5.74) is 2.38. The van der Waals surface area contributed by atoms with Crippen LogP contribution < -0.4 is 4.74 Å². The molecule has 0 amide bonds. The van der Waals surface area contributed by atoms with Crippen LogP contribution in [0.25, 0.3) is 12.2 Å². The van der Waals surface area contributed by atoms with E-state index in [1.807, 2.05) is 6.07 Å². The fourth-order valence-corrected chi connectivity index (χ4v) is 3.19. The number of carbonyl (C=O) groups is 1. The standard InChI is InChI=1S/C23H16F3NO2/c24-23(25,26)17-9-6-15(7-10-17)4-5-16-8-13-22(27-14-16)29-21-3-1-2-18-19(21)11-12-20(18)28/h1-10,13-14H,11-12H2/b5-4-. The van der Waals surface area contributed by atoms with E-state index in [1.165, 1.54) is 12.1 Å². The van der Waals surface area contributed by atoms with E-state index in [4.69, 9.17) is 4.74 Å². The lowest BCUT2D eigenvalue weighted by molar-refractivity contribution is -0.137. The fourth-order valence-electron chi connectivity index (χ4n) is 3.19. The molecule has 3 aromatic rings. The summed E-state index contributed by atoms with van der Waals surface area (Å²) < 4.78 is 43.6. The maximum atomic E-state index is 12.6. The average molecular weight is 395 g/mol. The Bertz CT molecular complexity index is 1070. The molecular weight excluding hydrogens is 379 g/mol. The number of carbonyl (C=O) groups excluding carboxylic acids is 1. The van der Waals surface area contributed by atoms with E-state index in [0.29, 0.717) is 35.6 Å². The summed E-state index contributed by atoms with van der Waals surface area (Å²) in [6.45, 7) is 0. The molecule has 3 nitrogen and oxygen atoms in total. The van der Waals surface area contributed by atoms with E-state index >= 15 is 0 Å². The quantitative estimate of drug-likeness (QED) is 0.529. The first-order chi connectivity index (χ1) is 13.9. The van der Waals surface area contributed by atoms with E-state index < -0.39 is 11.7 Å². The van der Waals surface area contributed by atoms with E-state index in [9.17, 15) is 18.0 Å². The maximum Gasteiger partial charge on any atom is 0.416 e. The summed E-state index contributed by atoms with van der Waals surface area (Å²) in [6, 6.07) is 13.9. The molecule has 29 heavy (non-hydrogen) atoms. The molecule has 146 valence electrons. The van der Waals surface area contributed by atoms with Crippen LogP contribution in [0.3, 0.4) is 0 Å². The van der Waals surface area contributed by atoms with Gasteiger partial charge in [-0.1, -0.05) is 36.4 Å². The summed E-state index contributed by atoms with van der Waals surface area (Å²) in [5, 5.41) is 0. The minimum atomic E-state index is -4.34. The van der Waals surface area contributed by atoms with Crippen molar-refractivity contribution in [1.29, 1.82) is 0 Å². The molecule has 0 aliphatic heterocycles. The molecule has 0 saturated carbocycles. The number of benzene rings is 2. The van der Waals surface area contributed by atoms with Crippen LogP contribution in [-0.2, 0) is 12.6 Å². The molecule has 1 aliphatic carbocycles. The molecule has 0 bridgehead atoms. The molecule has 0 spiro atoms. The minimum absolute atomic E-state index is 0.127. The van der Waals surface area contributed by atoms with Gasteiger partial charge in [0, 0.05) is 29.8 Å². The number of ether oxygens (including phenoxy) is 1. The topological polar surface area (TPSA) is 39.2 Å². The predicted molar refractivity (Wildman–Crippen MR) is 104 cm³/mol. The third-order valence-corrected chi connectivity index (χ3v) is 4.72.